The first-order chi connectivity index (χ1) is 12.8. The lowest BCUT2D eigenvalue weighted by atomic mass is 10.2. The van der Waals surface area contributed by atoms with Crippen LogP contribution >= 0.6 is 0 Å². The van der Waals surface area contributed by atoms with Crippen molar-refractivity contribution in [3.63, 3.8) is 0 Å². The van der Waals surface area contributed by atoms with Gasteiger partial charge in [0, 0.05) is 32.7 Å². The van der Waals surface area contributed by atoms with Crippen LogP contribution in [0.1, 0.15) is 18.1 Å². The zero-order valence-corrected chi connectivity index (χ0v) is 16.6. The summed E-state index contributed by atoms with van der Waals surface area (Å²) in [5, 5.41) is 0. The van der Waals surface area contributed by atoms with Gasteiger partial charge in [-0.3, -0.25) is 4.79 Å². The summed E-state index contributed by atoms with van der Waals surface area (Å²) in [6.07, 6.45) is 0.665. The molecule has 0 aromatic heterocycles. The maximum atomic E-state index is 12.8. The van der Waals surface area contributed by atoms with Crippen molar-refractivity contribution in [2.45, 2.75) is 25.2 Å². The molecule has 7 heteroatoms. The van der Waals surface area contributed by atoms with Gasteiger partial charge in [0.2, 0.25) is 15.9 Å². The van der Waals surface area contributed by atoms with Gasteiger partial charge in [-0.2, -0.15) is 4.31 Å². The van der Waals surface area contributed by atoms with Crippen LogP contribution in [0.15, 0.2) is 47.4 Å². The highest BCUT2D eigenvalue weighted by Gasteiger charge is 2.26. The van der Waals surface area contributed by atoms with Crippen molar-refractivity contribution in [2.24, 2.45) is 0 Å². The van der Waals surface area contributed by atoms with E-state index in [1.807, 2.05) is 31.2 Å². The summed E-state index contributed by atoms with van der Waals surface area (Å²) >= 11 is 0. The standard InChI is InChI=1S/C20H24N2O4S/c1-15-6-4-5-7-20(15)26-13-12-21(3)27(24,25)18-8-9-19-17(14-18)10-11-22(19)16(2)23/h4-9,14H,10-13H2,1-3H3. The molecule has 0 aliphatic carbocycles. The Kier molecular flexibility index (Phi) is 5.53. The molecule has 0 atom stereocenters. The number of amides is 1. The van der Waals surface area contributed by atoms with E-state index in [2.05, 4.69) is 0 Å². The second kappa shape index (κ2) is 7.70. The molecule has 144 valence electrons. The van der Waals surface area contributed by atoms with Crippen LogP contribution in [0, 0.1) is 6.92 Å². The molecule has 27 heavy (non-hydrogen) atoms. The van der Waals surface area contributed by atoms with Crippen molar-refractivity contribution < 1.29 is 17.9 Å². The van der Waals surface area contributed by atoms with Crippen LogP contribution in [-0.4, -0.2) is 45.4 Å². The topological polar surface area (TPSA) is 66.9 Å². The fourth-order valence-electron chi connectivity index (χ4n) is 3.17. The highest BCUT2D eigenvalue weighted by Crippen LogP contribution is 2.31. The lowest BCUT2D eigenvalue weighted by Crippen LogP contribution is -2.31. The van der Waals surface area contributed by atoms with Gasteiger partial charge in [-0.1, -0.05) is 18.2 Å². The van der Waals surface area contributed by atoms with E-state index in [0.29, 0.717) is 13.0 Å². The van der Waals surface area contributed by atoms with E-state index in [1.165, 1.54) is 11.2 Å². The van der Waals surface area contributed by atoms with Crippen molar-refractivity contribution in [3.8, 4) is 5.75 Å². The number of para-hydroxylation sites is 1. The Morgan fingerprint density at radius 1 is 1.22 bits per heavy atom. The molecule has 1 heterocycles. The van der Waals surface area contributed by atoms with Gasteiger partial charge in [0.1, 0.15) is 12.4 Å². The summed E-state index contributed by atoms with van der Waals surface area (Å²) in [5.41, 5.74) is 2.69. The van der Waals surface area contributed by atoms with Gasteiger partial charge in [-0.15, -0.1) is 0 Å². The van der Waals surface area contributed by atoms with Crippen LogP contribution in [0.5, 0.6) is 5.75 Å². The normalized spacial score (nSPS) is 13.7. The van der Waals surface area contributed by atoms with Crippen LogP contribution in [-0.2, 0) is 21.2 Å². The van der Waals surface area contributed by atoms with Gasteiger partial charge in [0.25, 0.3) is 0 Å². The molecule has 0 radical (unpaired) electrons. The molecule has 2 aromatic rings. The minimum Gasteiger partial charge on any atom is -0.492 e. The molecule has 1 amide bonds. The number of nitrogens with zero attached hydrogens (tertiary/aromatic N) is 2. The summed E-state index contributed by atoms with van der Waals surface area (Å²) < 4.78 is 32.7. The number of hydrogen-bond acceptors (Lipinski definition) is 4. The predicted molar refractivity (Wildman–Crippen MR) is 105 cm³/mol. The summed E-state index contributed by atoms with van der Waals surface area (Å²) in [6, 6.07) is 12.6. The summed E-state index contributed by atoms with van der Waals surface area (Å²) in [6.45, 7) is 4.57. The molecule has 0 fully saturated rings. The molecule has 1 aliphatic heterocycles. The van der Waals surface area contributed by atoms with Gasteiger partial charge >= 0.3 is 0 Å². The van der Waals surface area contributed by atoms with Gasteiger partial charge in [0.05, 0.1) is 4.90 Å². The smallest absolute Gasteiger partial charge is 0.242 e. The number of anilines is 1. The average molecular weight is 388 g/mol. The van der Waals surface area contributed by atoms with Gasteiger partial charge in [0.15, 0.2) is 0 Å². The third-order valence-corrected chi connectivity index (χ3v) is 6.64. The van der Waals surface area contributed by atoms with Crippen LogP contribution in [0.3, 0.4) is 0 Å². The lowest BCUT2D eigenvalue weighted by Gasteiger charge is -2.19. The fourth-order valence-corrected chi connectivity index (χ4v) is 4.37. The zero-order chi connectivity index (χ0) is 19.6. The maximum Gasteiger partial charge on any atom is 0.242 e. The molecule has 0 saturated carbocycles. The first-order valence-corrected chi connectivity index (χ1v) is 10.3. The van der Waals surface area contributed by atoms with Crippen LogP contribution in [0.25, 0.3) is 0 Å². The largest absolute Gasteiger partial charge is 0.492 e. The van der Waals surface area contributed by atoms with E-state index >= 15 is 0 Å². The number of hydrogen-bond donors (Lipinski definition) is 0. The van der Waals surface area contributed by atoms with Crippen LogP contribution in [0.2, 0.25) is 0 Å². The quantitative estimate of drug-likeness (QED) is 0.763. The SMILES string of the molecule is CC(=O)N1CCc2cc(S(=O)(=O)N(C)CCOc3ccccc3C)ccc21. The van der Waals surface area contributed by atoms with Crippen molar-refractivity contribution in [2.75, 3.05) is 31.6 Å². The minimum absolute atomic E-state index is 0.0326. The second-order valence-electron chi connectivity index (χ2n) is 6.65. The molecular weight excluding hydrogens is 364 g/mol. The monoisotopic (exact) mass is 388 g/mol. The number of fused-ring (bicyclic) bond motifs is 1. The summed E-state index contributed by atoms with van der Waals surface area (Å²) in [5.74, 6) is 0.722. The Hall–Kier alpha value is -2.38. The molecule has 3 rings (SSSR count). The Morgan fingerprint density at radius 2 is 1.96 bits per heavy atom. The molecule has 6 nitrogen and oxygen atoms in total. The third kappa shape index (κ3) is 3.99. The summed E-state index contributed by atoms with van der Waals surface area (Å²) in [7, 11) is -2.07. The Bertz CT molecular complexity index is 956. The fraction of sp³-hybridized carbons (Fsp3) is 0.350. The number of aryl methyl sites for hydroxylation is 1. The Morgan fingerprint density at radius 3 is 2.67 bits per heavy atom. The lowest BCUT2D eigenvalue weighted by molar-refractivity contribution is -0.116. The average Bonchev–Trinajstić information content (AvgIpc) is 3.06. The number of carbonyl (C=O) groups is 1. The molecule has 1 aliphatic rings. The second-order valence-corrected chi connectivity index (χ2v) is 8.70. The first-order valence-electron chi connectivity index (χ1n) is 8.86. The van der Waals surface area contributed by atoms with Gasteiger partial charge in [-0.25, -0.2) is 8.42 Å². The number of ether oxygens (including phenoxy) is 1. The number of benzene rings is 2. The molecule has 0 spiro atoms. The van der Waals surface area contributed by atoms with Crippen molar-refractivity contribution in [1.82, 2.24) is 4.31 Å². The van der Waals surface area contributed by atoms with Crippen molar-refractivity contribution in [1.29, 1.82) is 0 Å². The maximum absolute atomic E-state index is 12.8. The Balaban J connectivity index is 1.69. The van der Waals surface area contributed by atoms with E-state index in [1.54, 1.807) is 30.1 Å². The zero-order valence-electron chi connectivity index (χ0n) is 15.8. The van der Waals surface area contributed by atoms with E-state index in [0.717, 1.165) is 22.6 Å². The van der Waals surface area contributed by atoms with E-state index in [9.17, 15) is 13.2 Å². The highest BCUT2D eigenvalue weighted by molar-refractivity contribution is 7.89. The number of sulfonamides is 1. The van der Waals surface area contributed by atoms with E-state index in [4.69, 9.17) is 4.74 Å². The minimum atomic E-state index is -3.61. The number of rotatable bonds is 6. The Labute approximate surface area is 160 Å². The molecule has 2 aromatic carbocycles. The number of carbonyl (C=O) groups excluding carboxylic acids is 1. The predicted octanol–water partition coefficient (Wildman–Crippen LogP) is 2.60. The van der Waals surface area contributed by atoms with Gasteiger partial charge in [-0.05, 0) is 48.7 Å². The third-order valence-electron chi connectivity index (χ3n) is 4.79. The molecule has 0 bridgehead atoms. The van der Waals surface area contributed by atoms with E-state index < -0.39 is 10.0 Å². The van der Waals surface area contributed by atoms with Crippen molar-refractivity contribution >= 4 is 21.6 Å². The summed E-state index contributed by atoms with van der Waals surface area (Å²) in [4.78, 5) is 13.6. The first kappa shape index (κ1) is 19.4. The van der Waals surface area contributed by atoms with E-state index in [-0.39, 0.29) is 24.0 Å². The molecule has 0 saturated heterocycles. The number of likely N-dealkylation sites (N-methyl/N-ethyl adjacent to an activating group) is 1. The van der Waals surface area contributed by atoms with Crippen LogP contribution < -0.4 is 9.64 Å². The highest BCUT2D eigenvalue weighted by atomic mass is 32.2. The molecular formula is C20H24N2O4S. The van der Waals surface area contributed by atoms with Crippen molar-refractivity contribution in [3.05, 3.63) is 53.6 Å². The van der Waals surface area contributed by atoms with Crippen LogP contribution in [0.4, 0.5) is 5.69 Å². The molecule has 0 unspecified atom stereocenters. The molecule has 0 N–H and O–H groups in total. The van der Waals surface area contributed by atoms with Gasteiger partial charge < -0.3 is 9.64 Å².